The van der Waals surface area contributed by atoms with Gasteiger partial charge in [0, 0.05) is 23.8 Å². The van der Waals surface area contributed by atoms with Gasteiger partial charge in [-0.3, -0.25) is 0 Å². The Morgan fingerprint density at radius 2 is 2.00 bits per heavy atom. The second-order valence-corrected chi connectivity index (χ2v) is 4.89. The van der Waals surface area contributed by atoms with Crippen LogP contribution in [0.3, 0.4) is 0 Å². The molecule has 1 saturated heterocycles. The molecule has 86 valence electrons. The van der Waals surface area contributed by atoms with Crippen LogP contribution in [0.2, 0.25) is 0 Å². The van der Waals surface area contributed by atoms with E-state index in [1.54, 1.807) is 0 Å². The van der Waals surface area contributed by atoms with E-state index in [1.165, 1.54) is 24.9 Å². The number of nitrogens with two attached hydrogens (primary N) is 1. The van der Waals surface area contributed by atoms with Gasteiger partial charge in [-0.1, -0.05) is 12.2 Å². The smallest absolute Gasteiger partial charge is 0.103 e. The molecule has 1 aliphatic heterocycles. The number of piperidine rings is 1. The Hall–Kier alpha value is -1.09. The lowest BCUT2D eigenvalue weighted by atomic mass is 10.0. The number of thiocarbonyl (C=S) groups is 1. The molecule has 0 aliphatic carbocycles. The van der Waals surface area contributed by atoms with E-state index in [2.05, 4.69) is 24.0 Å². The highest BCUT2D eigenvalue weighted by Gasteiger charge is 2.18. The molecule has 1 aliphatic rings. The quantitative estimate of drug-likeness (QED) is 0.798. The van der Waals surface area contributed by atoms with E-state index in [9.17, 15) is 0 Å². The average Bonchev–Trinajstić information content (AvgIpc) is 2.30. The van der Waals surface area contributed by atoms with Crippen LogP contribution in [-0.2, 0) is 0 Å². The number of nitrogens with zero attached hydrogens (tertiary/aromatic N) is 1. The first kappa shape index (κ1) is 11.4. The molecule has 0 spiro atoms. The summed E-state index contributed by atoms with van der Waals surface area (Å²) in [4.78, 5) is 2.94. The lowest BCUT2D eigenvalue weighted by Gasteiger charge is -2.35. The van der Waals surface area contributed by atoms with Gasteiger partial charge in [-0.05, 0) is 50.5 Å². The van der Waals surface area contributed by atoms with Gasteiger partial charge in [-0.25, -0.2) is 0 Å². The topological polar surface area (TPSA) is 29.3 Å². The maximum absolute atomic E-state index is 5.59. The first-order chi connectivity index (χ1) is 7.68. The number of rotatable bonds is 2. The Bertz CT molecular complexity index is 372. The Labute approximate surface area is 102 Å². The fourth-order valence-corrected chi connectivity index (χ4v) is 2.43. The summed E-state index contributed by atoms with van der Waals surface area (Å²) in [5, 5.41) is 0. The largest absolute Gasteiger partial charge is 0.389 e. The molecule has 0 aromatic heterocycles. The highest BCUT2D eigenvalue weighted by molar-refractivity contribution is 7.80. The van der Waals surface area contributed by atoms with Crippen molar-refractivity contribution >= 4 is 22.9 Å². The molecule has 2 rings (SSSR count). The third-order valence-electron chi connectivity index (χ3n) is 3.29. The molecule has 1 unspecified atom stereocenters. The standard InChI is InChI=1S/C13H18N2S/c1-10-4-2-3-9-15(10)12-7-5-11(6-8-12)13(14)16/h5-8,10H,2-4,9H2,1H3,(H2,14,16). The monoisotopic (exact) mass is 234 g/mol. The van der Waals surface area contributed by atoms with E-state index in [1.807, 2.05) is 12.1 Å². The SMILES string of the molecule is CC1CCCCN1c1ccc(C(N)=S)cc1. The predicted molar refractivity (Wildman–Crippen MR) is 73.0 cm³/mol. The van der Waals surface area contributed by atoms with Crippen LogP contribution in [0.4, 0.5) is 5.69 Å². The summed E-state index contributed by atoms with van der Waals surface area (Å²) in [7, 11) is 0. The van der Waals surface area contributed by atoms with Crippen molar-refractivity contribution in [2.45, 2.75) is 32.2 Å². The van der Waals surface area contributed by atoms with Gasteiger partial charge in [0.15, 0.2) is 0 Å². The molecule has 1 aromatic carbocycles. The van der Waals surface area contributed by atoms with Crippen LogP contribution >= 0.6 is 12.2 Å². The van der Waals surface area contributed by atoms with Gasteiger partial charge in [0.05, 0.1) is 0 Å². The van der Waals surface area contributed by atoms with Crippen molar-refractivity contribution in [2.24, 2.45) is 5.73 Å². The van der Waals surface area contributed by atoms with Gasteiger partial charge < -0.3 is 10.6 Å². The molecule has 1 fully saturated rings. The molecular weight excluding hydrogens is 216 g/mol. The maximum Gasteiger partial charge on any atom is 0.103 e. The van der Waals surface area contributed by atoms with Gasteiger partial charge in [0.2, 0.25) is 0 Å². The van der Waals surface area contributed by atoms with Crippen LogP contribution < -0.4 is 10.6 Å². The van der Waals surface area contributed by atoms with Gasteiger partial charge in [-0.2, -0.15) is 0 Å². The number of benzene rings is 1. The zero-order chi connectivity index (χ0) is 11.5. The van der Waals surface area contributed by atoms with E-state index in [-0.39, 0.29) is 0 Å². The second-order valence-electron chi connectivity index (χ2n) is 4.45. The molecule has 0 amide bonds. The minimum absolute atomic E-state index is 0.471. The summed E-state index contributed by atoms with van der Waals surface area (Å²) < 4.78 is 0. The molecular formula is C13H18N2S. The Morgan fingerprint density at radius 1 is 1.31 bits per heavy atom. The first-order valence-corrected chi connectivity index (χ1v) is 6.26. The van der Waals surface area contributed by atoms with Gasteiger partial charge >= 0.3 is 0 Å². The van der Waals surface area contributed by atoms with Gasteiger partial charge in [0.25, 0.3) is 0 Å². The van der Waals surface area contributed by atoms with Crippen LogP contribution in [0.25, 0.3) is 0 Å². The third kappa shape index (κ3) is 2.35. The summed E-state index contributed by atoms with van der Waals surface area (Å²) >= 11 is 4.95. The summed E-state index contributed by atoms with van der Waals surface area (Å²) in [5.74, 6) is 0. The van der Waals surface area contributed by atoms with Crippen LogP contribution in [-0.4, -0.2) is 17.6 Å². The van der Waals surface area contributed by atoms with Crippen molar-refractivity contribution < 1.29 is 0 Å². The molecule has 0 bridgehead atoms. The van der Waals surface area contributed by atoms with Crippen LogP contribution in [0.15, 0.2) is 24.3 Å². The summed E-state index contributed by atoms with van der Waals surface area (Å²) in [5.41, 5.74) is 7.82. The van der Waals surface area contributed by atoms with Crippen molar-refractivity contribution in [2.75, 3.05) is 11.4 Å². The Kier molecular flexibility index (Phi) is 3.44. The van der Waals surface area contributed by atoms with Crippen molar-refractivity contribution in [3.63, 3.8) is 0 Å². The zero-order valence-corrected chi connectivity index (χ0v) is 10.5. The van der Waals surface area contributed by atoms with Crippen molar-refractivity contribution in [1.82, 2.24) is 0 Å². The molecule has 2 nitrogen and oxygen atoms in total. The fraction of sp³-hybridized carbons (Fsp3) is 0.462. The number of hydrogen-bond donors (Lipinski definition) is 1. The highest BCUT2D eigenvalue weighted by atomic mass is 32.1. The van der Waals surface area contributed by atoms with Crippen molar-refractivity contribution in [3.05, 3.63) is 29.8 Å². The van der Waals surface area contributed by atoms with E-state index in [0.29, 0.717) is 11.0 Å². The average molecular weight is 234 g/mol. The van der Waals surface area contributed by atoms with Gasteiger partial charge in [0.1, 0.15) is 4.99 Å². The number of hydrogen-bond acceptors (Lipinski definition) is 2. The Morgan fingerprint density at radius 3 is 2.56 bits per heavy atom. The van der Waals surface area contributed by atoms with Crippen molar-refractivity contribution in [1.29, 1.82) is 0 Å². The lowest BCUT2D eigenvalue weighted by molar-refractivity contribution is 0.485. The van der Waals surface area contributed by atoms with Crippen molar-refractivity contribution in [3.8, 4) is 0 Å². The Balaban J connectivity index is 2.17. The molecule has 1 heterocycles. The number of anilines is 1. The molecule has 2 N–H and O–H groups in total. The maximum atomic E-state index is 5.59. The lowest BCUT2D eigenvalue weighted by Crippen LogP contribution is -2.37. The first-order valence-electron chi connectivity index (χ1n) is 5.85. The highest BCUT2D eigenvalue weighted by Crippen LogP contribution is 2.24. The molecule has 16 heavy (non-hydrogen) atoms. The van der Waals surface area contributed by atoms with Gasteiger partial charge in [-0.15, -0.1) is 0 Å². The molecule has 3 heteroatoms. The van der Waals surface area contributed by atoms with Crippen LogP contribution in [0, 0.1) is 0 Å². The predicted octanol–water partition coefficient (Wildman–Crippen LogP) is 2.70. The normalized spacial score (nSPS) is 20.8. The van der Waals surface area contributed by atoms with Crippen LogP contribution in [0.5, 0.6) is 0 Å². The minimum atomic E-state index is 0.471. The van der Waals surface area contributed by atoms with E-state index < -0.39 is 0 Å². The summed E-state index contributed by atoms with van der Waals surface area (Å²) in [6, 6.07) is 8.91. The molecule has 0 radical (unpaired) electrons. The molecule has 0 saturated carbocycles. The summed E-state index contributed by atoms with van der Waals surface area (Å²) in [6.07, 6.45) is 3.93. The van der Waals surface area contributed by atoms with E-state index in [4.69, 9.17) is 18.0 Å². The van der Waals surface area contributed by atoms with E-state index >= 15 is 0 Å². The minimum Gasteiger partial charge on any atom is -0.389 e. The third-order valence-corrected chi connectivity index (χ3v) is 3.52. The fourth-order valence-electron chi connectivity index (χ4n) is 2.30. The molecule has 1 atom stereocenters. The van der Waals surface area contributed by atoms with E-state index in [0.717, 1.165) is 12.1 Å². The second kappa shape index (κ2) is 4.83. The molecule has 1 aromatic rings. The zero-order valence-electron chi connectivity index (χ0n) is 9.65. The van der Waals surface area contributed by atoms with Crippen LogP contribution in [0.1, 0.15) is 31.7 Å². The summed E-state index contributed by atoms with van der Waals surface area (Å²) in [6.45, 7) is 3.45.